The van der Waals surface area contributed by atoms with Crippen LogP contribution in [0, 0.1) is 5.92 Å². The van der Waals surface area contributed by atoms with Crippen LogP contribution in [-0.2, 0) is 0 Å². The molecule has 0 spiro atoms. The van der Waals surface area contributed by atoms with Gasteiger partial charge in [-0.15, -0.1) is 0 Å². The molecule has 21 heavy (non-hydrogen) atoms. The number of carbonyl (C=O) groups is 2. The summed E-state index contributed by atoms with van der Waals surface area (Å²) in [6.45, 7) is 0.569. The van der Waals surface area contributed by atoms with Crippen LogP contribution in [0.1, 0.15) is 29.6 Å². The van der Waals surface area contributed by atoms with Crippen LogP contribution in [-0.4, -0.2) is 23.7 Å². The Morgan fingerprint density at radius 3 is 2.81 bits per heavy atom. The maximum absolute atomic E-state index is 11.9. The van der Waals surface area contributed by atoms with Gasteiger partial charge in [-0.25, -0.2) is 9.59 Å². The standard InChI is InChI=1S/C15H17ClN2O3/c16-11-6-7-12(14(19)20)13(8-11)18-15(21)17-9-10-4-2-1-3-5-10/h1-2,6-8,10H,3-5,9H2,(H,19,20)(H2,17,18,21). The lowest BCUT2D eigenvalue weighted by atomic mass is 9.94. The summed E-state index contributed by atoms with van der Waals surface area (Å²) in [7, 11) is 0. The molecular formula is C15H17ClN2O3. The van der Waals surface area contributed by atoms with Crippen molar-refractivity contribution >= 4 is 29.3 Å². The fraction of sp³-hybridized carbons (Fsp3) is 0.333. The topological polar surface area (TPSA) is 78.4 Å². The van der Waals surface area contributed by atoms with Gasteiger partial charge in [0.15, 0.2) is 0 Å². The number of nitrogens with one attached hydrogen (secondary N) is 2. The number of carboxylic acid groups (broad SMARTS) is 1. The second kappa shape index (κ2) is 7.13. The molecule has 112 valence electrons. The molecular weight excluding hydrogens is 292 g/mol. The number of hydrogen-bond donors (Lipinski definition) is 3. The molecule has 0 saturated heterocycles. The molecule has 1 aromatic rings. The molecule has 0 bridgehead atoms. The lowest BCUT2D eigenvalue weighted by Crippen LogP contribution is -2.33. The van der Waals surface area contributed by atoms with Gasteiger partial charge in [0.2, 0.25) is 0 Å². The van der Waals surface area contributed by atoms with E-state index in [4.69, 9.17) is 16.7 Å². The number of allylic oxidation sites excluding steroid dienone is 2. The molecule has 0 heterocycles. The molecule has 0 aliphatic heterocycles. The highest BCUT2D eigenvalue weighted by atomic mass is 35.5. The number of amides is 2. The Bertz CT molecular complexity index is 572. The zero-order valence-electron chi connectivity index (χ0n) is 11.4. The van der Waals surface area contributed by atoms with Crippen molar-refractivity contribution in [1.29, 1.82) is 0 Å². The average Bonchev–Trinajstić information content (AvgIpc) is 2.46. The molecule has 3 N–H and O–H groups in total. The fourth-order valence-corrected chi connectivity index (χ4v) is 2.42. The van der Waals surface area contributed by atoms with E-state index in [2.05, 4.69) is 22.8 Å². The van der Waals surface area contributed by atoms with Gasteiger partial charge in [-0.05, 0) is 43.4 Å². The molecule has 2 rings (SSSR count). The number of halogens is 1. The van der Waals surface area contributed by atoms with Crippen molar-refractivity contribution in [2.45, 2.75) is 19.3 Å². The summed E-state index contributed by atoms with van der Waals surface area (Å²) >= 11 is 5.83. The minimum absolute atomic E-state index is 0.00940. The van der Waals surface area contributed by atoms with Crippen molar-refractivity contribution in [3.63, 3.8) is 0 Å². The number of carbonyl (C=O) groups excluding carboxylic acids is 1. The van der Waals surface area contributed by atoms with Gasteiger partial charge in [-0.1, -0.05) is 23.8 Å². The van der Waals surface area contributed by atoms with Crippen LogP contribution >= 0.6 is 11.6 Å². The molecule has 6 heteroatoms. The number of rotatable bonds is 4. The highest BCUT2D eigenvalue weighted by Gasteiger charge is 2.14. The Labute approximate surface area is 128 Å². The predicted molar refractivity (Wildman–Crippen MR) is 81.9 cm³/mol. The van der Waals surface area contributed by atoms with Gasteiger partial charge in [-0.3, -0.25) is 0 Å². The normalized spacial score (nSPS) is 17.3. The van der Waals surface area contributed by atoms with Crippen LogP contribution < -0.4 is 10.6 Å². The van der Waals surface area contributed by atoms with Crippen LogP contribution in [0.2, 0.25) is 5.02 Å². The molecule has 1 aromatic carbocycles. The molecule has 5 nitrogen and oxygen atoms in total. The summed E-state index contributed by atoms with van der Waals surface area (Å²) in [6.07, 6.45) is 7.30. The molecule has 1 aliphatic rings. The quantitative estimate of drug-likeness (QED) is 0.745. The minimum Gasteiger partial charge on any atom is -0.478 e. The SMILES string of the molecule is O=C(NCC1CC=CCC1)Nc1cc(Cl)ccc1C(=O)O. The van der Waals surface area contributed by atoms with E-state index in [1.165, 1.54) is 18.2 Å². The van der Waals surface area contributed by atoms with Gasteiger partial charge in [0.05, 0.1) is 11.3 Å². The summed E-state index contributed by atoms with van der Waals surface area (Å²) < 4.78 is 0. The van der Waals surface area contributed by atoms with Crippen LogP contribution in [0.5, 0.6) is 0 Å². The molecule has 1 aliphatic carbocycles. The third kappa shape index (κ3) is 4.49. The molecule has 0 aromatic heterocycles. The number of hydrogen-bond acceptors (Lipinski definition) is 2. The zero-order valence-corrected chi connectivity index (χ0v) is 12.2. The number of aromatic carboxylic acids is 1. The average molecular weight is 309 g/mol. The number of carboxylic acids is 1. The van der Waals surface area contributed by atoms with Gasteiger partial charge in [-0.2, -0.15) is 0 Å². The van der Waals surface area contributed by atoms with E-state index in [1.807, 2.05) is 0 Å². The lowest BCUT2D eigenvalue weighted by Gasteiger charge is -2.18. The first kappa shape index (κ1) is 15.4. The minimum atomic E-state index is -1.11. The van der Waals surface area contributed by atoms with Crippen LogP contribution in [0.25, 0.3) is 0 Å². The second-order valence-corrected chi connectivity index (χ2v) is 5.42. The van der Waals surface area contributed by atoms with E-state index in [0.29, 0.717) is 17.5 Å². The van der Waals surface area contributed by atoms with E-state index in [-0.39, 0.29) is 11.3 Å². The highest BCUT2D eigenvalue weighted by molar-refractivity contribution is 6.31. The summed E-state index contributed by atoms with van der Waals surface area (Å²) in [5.74, 6) is -0.682. The number of anilines is 1. The van der Waals surface area contributed by atoms with Crippen LogP contribution in [0.3, 0.4) is 0 Å². The fourth-order valence-electron chi connectivity index (χ4n) is 2.25. The first-order chi connectivity index (χ1) is 10.1. The zero-order chi connectivity index (χ0) is 15.2. The molecule has 0 saturated carbocycles. The first-order valence-electron chi connectivity index (χ1n) is 6.79. The third-order valence-electron chi connectivity index (χ3n) is 3.39. The van der Waals surface area contributed by atoms with E-state index < -0.39 is 12.0 Å². The Kier molecular flexibility index (Phi) is 5.22. The molecule has 1 atom stereocenters. The summed E-state index contributed by atoms with van der Waals surface area (Å²) in [5.41, 5.74) is 0.200. The van der Waals surface area contributed by atoms with Crippen molar-refractivity contribution < 1.29 is 14.7 Å². The van der Waals surface area contributed by atoms with Crippen molar-refractivity contribution in [3.05, 3.63) is 40.9 Å². The first-order valence-corrected chi connectivity index (χ1v) is 7.16. The van der Waals surface area contributed by atoms with Crippen LogP contribution in [0.15, 0.2) is 30.4 Å². The van der Waals surface area contributed by atoms with E-state index in [0.717, 1.165) is 19.3 Å². The summed E-state index contributed by atoms with van der Waals surface area (Å²) in [4.78, 5) is 23.0. The Morgan fingerprint density at radius 1 is 1.33 bits per heavy atom. The van der Waals surface area contributed by atoms with Gasteiger partial charge < -0.3 is 15.7 Å². The summed E-state index contributed by atoms with van der Waals surface area (Å²) in [6, 6.07) is 3.84. The summed E-state index contributed by atoms with van der Waals surface area (Å²) in [5, 5.41) is 14.8. The Balaban J connectivity index is 1.94. The van der Waals surface area contributed by atoms with Crippen molar-refractivity contribution in [2.75, 3.05) is 11.9 Å². The van der Waals surface area contributed by atoms with Crippen LogP contribution in [0.4, 0.5) is 10.5 Å². The van der Waals surface area contributed by atoms with Crippen molar-refractivity contribution in [3.8, 4) is 0 Å². The highest BCUT2D eigenvalue weighted by Crippen LogP contribution is 2.21. The Morgan fingerprint density at radius 2 is 2.14 bits per heavy atom. The number of urea groups is 1. The van der Waals surface area contributed by atoms with Crippen molar-refractivity contribution in [1.82, 2.24) is 5.32 Å². The van der Waals surface area contributed by atoms with E-state index in [9.17, 15) is 9.59 Å². The van der Waals surface area contributed by atoms with Gasteiger partial charge in [0.1, 0.15) is 0 Å². The van der Waals surface area contributed by atoms with E-state index >= 15 is 0 Å². The second-order valence-electron chi connectivity index (χ2n) is 4.98. The molecule has 1 unspecified atom stereocenters. The maximum atomic E-state index is 11.9. The Hall–Kier alpha value is -2.01. The molecule has 0 fully saturated rings. The van der Waals surface area contributed by atoms with Gasteiger partial charge in [0, 0.05) is 11.6 Å². The largest absolute Gasteiger partial charge is 0.478 e. The monoisotopic (exact) mass is 308 g/mol. The molecule has 2 amide bonds. The number of benzene rings is 1. The van der Waals surface area contributed by atoms with Gasteiger partial charge in [0.25, 0.3) is 0 Å². The van der Waals surface area contributed by atoms with Crippen molar-refractivity contribution in [2.24, 2.45) is 5.92 Å². The smallest absolute Gasteiger partial charge is 0.337 e. The maximum Gasteiger partial charge on any atom is 0.337 e. The van der Waals surface area contributed by atoms with E-state index in [1.54, 1.807) is 0 Å². The van der Waals surface area contributed by atoms with Gasteiger partial charge >= 0.3 is 12.0 Å². The third-order valence-corrected chi connectivity index (χ3v) is 3.62. The predicted octanol–water partition coefficient (Wildman–Crippen LogP) is 3.52. The lowest BCUT2D eigenvalue weighted by molar-refractivity contribution is 0.0698. The molecule has 0 radical (unpaired) electrons.